The van der Waals surface area contributed by atoms with Crippen molar-refractivity contribution in [2.45, 2.75) is 32.1 Å². The van der Waals surface area contributed by atoms with Gasteiger partial charge in [0, 0.05) is 19.2 Å². The van der Waals surface area contributed by atoms with Gasteiger partial charge in [0.1, 0.15) is 0 Å². The minimum absolute atomic E-state index is 0.154. The van der Waals surface area contributed by atoms with E-state index in [1.165, 1.54) is 19.1 Å². The second kappa shape index (κ2) is 8.87. The minimum atomic E-state index is -3.55. The van der Waals surface area contributed by atoms with Crippen LogP contribution in [0.25, 0.3) is 0 Å². The van der Waals surface area contributed by atoms with Crippen molar-refractivity contribution in [2.24, 2.45) is 0 Å². The van der Waals surface area contributed by atoms with Gasteiger partial charge in [-0.25, -0.2) is 13.1 Å². The molecule has 1 aromatic rings. The Kier molecular flexibility index (Phi) is 7.50. The molecule has 0 unspecified atom stereocenters. The summed E-state index contributed by atoms with van der Waals surface area (Å²) in [5, 5.41) is 2.58. The van der Waals surface area contributed by atoms with Crippen molar-refractivity contribution in [3.63, 3.8) is 0 Å². The Labute approximate surface area is 132 Å². The summed E-state index contributed by atoms with van der Waals surface area (Å²) in [4.78, 5) is 13.4. The van der Waals surface area contributed by atoms with Crippen molar-refractivity contribution in [1.29, 1.82) is 0 Å². The molecule has 0 spiro atoms. The number of hydrogen-bond donors (Lipinski definition) is 2. The lowest BCUT2D eigenvalue weighted by Crippen LogP contribution is -2.30. The first-order valence-electron chi connectivity index (χ1n) is 7.48. The van der Waals surface area contributed by atoms with Crippen molar-refractivity contribution < 1.29 is 13.2 Å². The van der Waals surface area contributed by atoms with Crippen LogP contribution in [-0.2, 0) is 14.8 Å². The van der Waals surface area contributed by atoms with E-state index in [0.717, 1.165) is 26.1 Å². The molecule has 2 N–H and O–H groups in total. The first kappa shape index (κ1) is 18.6. The number of carbonyl (C=O) groups excluding carboxylic acids is 1. The third-order valence-corrected chi connectivity index (χ3v) is 4.76. The van der Waals surface area contributed by atoms with E-state index in [1.807, 2.05) is 0 Å². The van der Waals surface area contributed by atoms with Crippen molar-refractivity contribution in [1.82, 2.24) is 9.62 Å². The standard InChI is InChI=1S/C15H25N3O3S/c1-4-18(5-2)11-7-10-16-22(20,21)15-9-6-8-14(12-15)17-13(3)19/h6,8-9,12,16H,4-5,7,10-11H2,1-3H3,(H,17,19). The summed E-state index contributed by atoms with van der Waals surface area (Å²) in [6.07, 6.45) is 0.756. The van der Waals surface area contributed by atoms with Crippen molar-refractivity contribution in [3.05, 3.63) is 24.3 Å². The highest BCUT2D eigenvalue weighted by molar-refractivity contribution is 7.89. The van der Waals surface area contributed by atoms with Gasteiger partial charge in [-0.2, -0.15) is 0 Å². The van der Waals surface area contributed by atoms with E-state index in [0.29, 0.717) is 12.2 Å². The summed E-state index contributed by atoms with van der Waals surface area (Å²) in [6, 6.07) is 6.22. The first-order chi connectivity index (χ1) is 10.4. The maximum absolute atomic E-state index is 12.2. The molecule has 1 rings (SSSR count). The second-order valence-electron chi connectivity index (χ2n) is 4.99. The highest BCUT2D eigenvalue weighted by atomic mass is 32.2. The average molecular weight is 327 g/mol. The van der Waals surface area contributed by atoms with Gasteiger partial charge in [-0.3, -0.25) is 4.79 Å². The fourth-order valence-corrected chi connectivity index (χ4v) is 3.20. The lowest BCUT2D eigenvalue weighted by atomic mass is 10.3. The number of anilines is 1. The largest absolute Gasteiger partial charge is 0.326 e. The Hall–Kier alpha value is -1.44. The molecule has 0 aliphatic carbocycles. The summed E-state index contributed by atoms with van der Waals surface area (Å²) in [6.45, 7) is 8.73. The SMILES string of the molecule is CCN(CC)CCCNS(=O)(=O)c1cccc(NC(C)=O)c1. The Morgan fingerprint density at radius 3 is 2.50 bits per heavy atom. The summed E-state index contributed by atoms with van der Waals surface area (Å²) in [5.74, 6) is -0.235. The lowest BCUT2D eigenvalue weighted by Gasteiger charge is -2.17. The van der Waals surface area contributed by atoms with Crippen molar-refractivity contribution >= 4 is 21.6 Å². The molecule has 0 saturated carbocycles. The minimum Gasteiger partial charge on any atom is -0.326 e. The first-order valence-corrected chi connectivity index (χ1v) is 8.97. The molecule has 7 heteroatoms. The molecule has 0 atom stereocenters. The van der Waals surface area contributed by atoms with E-state index in [9.17, 15) is 13.2 Å². The fourth-order valence-electron chi connectivity index (χ4n) is 2.08. The van der Waals surface area contributed by atoms with Crippen LogP contribution in [0.1, 0.15) is 27.2 Å². The second-order valence-corrected chi connectivity index (χ2v) is 6.75. The highest BCUT2D eigenvalue weighted by Gasteiger charge is 2.14. The summed E-state index contributed by atoms with van der Waals surface area (Å²) in [5.41, 5.74) is 0.471. The number of rotatable bonds is 9. The van der Waals surface area contributed by atoms with E-state index in [2.05, 4.69) is 28.8 Å². The van der Waals surface area contributed by atoms with Crippen LogP contribution < -0.4 is 10.0 Å². The number of nitrogens with zero attached hydrogens (tertiary/aromatic N) is 1. The van der Waals surface area contributed by atoms with E-state index < -0.39 is 10.0 Å². The molecule has 0 saturated heterocycles. The Morgan fingerprint density at radius 1 is 1.23 bits per heavy atom. The van der Waals surface area contributed by atoms with Crippen LogP contribution in [0.4, 0.5) is 5.69 Å². The molecule has 22 heavy (non-hydrogen) atoms. The fraction of sp³-hybridized carbons (Fsp3) is 0.533. The van der Waals surface area contributed by atoms with Crippen molar-refractivity contribution in [3.8, 4) is 0 Å². The molecule has 0 aromatic heterocycles. The van der Waals surface area contributed by atoms with Crippen LogP contribution in [0.15, 0.2) is 29.2 Å². The molecule has 124 valence electrons. The Balaban J connectivity index is 2.61. The monoisotopic (exact) mass is 327 g/mol. The normalized spacial score (nSPS) is 11.6. The summed E-state index contributed by atoms with van der Waals surface area (Å²) >= 11 is 0. The van der Waals surface area contributed by atoms with Gasteiger partial charge in [0.05, 0.1) is 4.90 Å². The van der Waals surface area contributed by atoms with Gasteiger partial charge in [-0.15, -0.1) is 0 Å². The molecule has 0 radical (unpaired) electrons. The quantitative estimate of drug-likeness (QED) is 0.676. The van der Waals surface area contributed by atoms with Gasteiger partial charge in [-0.05, 0) is 44.3 Å². The zero-order valence-electron chi connectivity index (χ0n) is 13.4. The number of amides is 1. The van der Waals surface area contributed by atoms with E-state index in [-0.39, 0.29) is 10.8 Å². The average Bonchev–Trinajstić information content (AvgIpc) is 2.47. The predicted molar refractivity (Wildman–Crippen MR) is 88.3 cm³/mol. The Bertz CT molecular complexity index is 583. The van der Waals surface area contributed by atoms with Crippen LogP contribution >= 0.6 is 0 Å². The molecule has 0 fully saturated rings. The van der Waals surface area contributed by atoms with Gasteiger partial charge in [0.25, 0.3) is 0 Å². The molecule has 0 aliphatic heterocycles. The lowest BCUT2D eigenvalue weighted by molar-refractivity contribution is -0.114. The molecule has 6 nitrogen and oxygen atoms in total. The predicted octanol–water partition coefficient (Wildman–Crippen LogP) is 1.66. The number of carbonyl (C=O) groups is 1. The smallest absolute Gasteiger partial charge is 0.240 e. The van der Waals surface area contributed by atoms with Crippen LogP contribution in [0, 0.1) is 0 Å². The number of sulfonamides is 1. The van der Waals surface area contributed by atoms with Gasteiger partial charge in [-0.1, -0.05) is 19.9 Å². The zero-order valence-corrected chi connectivity index (χ0v) is 14.2. The van der Waals surface area contributed by atoms with Crippen LogP contribution in [0.2, 0.25) is 0 Å². The van der Waals surface area contributed by atoms with Crippen LogP contribution in [0.5, 0.6) is 0 Å². The number of nitrogens with one attached hydrogen (secondary N) is 2. The van der Waals surface area contributed by atoms with E-state index in [4.69, 9.17) is 0 Å². The molecule has 1 aromatic carbocycles. The van der Waals surface area contributed by atoms with Gasteiger partial charge in [0.2, 0.25) is 15.9 Å². The van der Waals surface area contributed by atoms with Crippen LogP contribution in [0.3, 0.4) is 0 Å². The number of hydrogen-bond acceptors (Lipinski definition) is 4. The van der Waals surface area contributed by atoms with Gasteiger partial charge in [0.15, 0.2) is 0 Å². The summed E-state index contributed by atoms with van der Waals surface area (Å²) in [7, 11) is -3.55. The van der Waals surface area contributed by atoms with E-state index >= 15 is 0 Å². The Morgan fingerprint density at radius 2 is 1.91 bits per heavy atom. The molecule has 0 bridgehead atoms. The molecule has 0 aliphatic rings. The summed E-state index contributed by atoms with van der Waals surface area (Å²) < 4.78 is 27.0. The third kappa shape index (κ3) is 6.13. The third-order valence-electron chi connectivity index (χ3n) is 3.30. The maximum Gasteiger partial charge on any atom is 0.240 e. The topological polar surface area (TPSA) is 78.5 Å². The highest BCUT2D eigenvalue weighted by Crippen LogP contribution is 2.15. The number of benzene rings is 1. The van der Waals surface area contributed by atoms with Crippen molar-refractivity contribution in [2.75, 3.05) is 31.5 Å². The van der Waals surface area contributed by atoms with E-state index in [1.54, 1.807) is 12.1 Å². The molecule has 0 heterocycles. The molecule has 1 amide bonds. The molecular formula is C15H25N3O3S. The maximum atomic E-state index is 12.2. The van der Waals surface area contributed by atoms with Gasteiger partial charge < -0.3 is 10.2 Å². The van der Waals surface area contributed by atoms with Crippen LogP contribution in [-0.4, -0.2) is 45.4 Å². The molecular weight excluding hydrogens is 302 g/mol. The van der Waals surface area contributed by atoms with Gasteiger partial charge >= 0.3 is 0 Å². The zero-order chi connectivity index (χ0) is 16.6.